The van der Waals surface area contributed by atoms with Gasteiger partial charge in [0.2, 0.25) is 0 Å². The van der Waals surface area contributed by atoms with E-state index in [0.29, 0.717) is 0 Å². The molecule has 2 heterocycles. The molecule has 2 aromatic heterocycles. The third-order valence-corrected chi connectivity index (χ3v) is 4.80. The quantitative estimate of drug-likeness (QED) is 0.439. The van der Waals surface area contributed by atoms with Crippen LogP contribution in [0.1, 0.15) is 39.2 Å². The lowest BCUT2D eigenvalue weighted by molar-refractivity contribution is -0.137. The Morgan fingerprint density at radius 1 is 1.00 bits per heavy atom. The molecule has 0 bridgehead atoms. The molecule has 0 saturated heterocycles. The summed E-state index contributed by atoms with van der Waals surface area (Å²) in [4.78, 5) is 3.75. The first-order valence-electron chi connectivity index (χ1n) is 9.17. The Balaban J connectivity index is 1.84. The third kappa shape index (κ3) is 4.34. The number of hydrogen-bond donors (Lipinski definition) is 1. The van der Waals surface area contributed by atoms with E-state index in [-0.39, 0.29) is 5.82 Å². The number of nitrogens with zero attached hydrogens (tertiary/aromatic N) is 3. The highest BCUT2D eigenvalue weighted by Crippen LogP contribution is 2.29. The van der Waals surface area contributed by atoms with Gasteiger partial charge in [0.25, 0.3) is 0 Å². The van der Waals surface area contributed by atoms with E-state index in [1.807, 2.05) is 19.9 Å². The molecule has 152 valence electrons. The highest BCUT2D eigenvalue weighted by molar-refractivity contribution is 5.82. The second kappa shape index (κ2) is 7.73. The van der Waals surface area contributed by atoms with Crippen molar-refractivity contribution in [2.45, 2.75) is 40.8 Å². The fourth-order valence-electron chi connectivity index (χ4n) is 3.58. The summed E-state index contributed by atoms with van der Waals surface area (Å²) in [5, 5.41) is 4.14. The number of alkyl halides is 3. The predicted octanol–water partition coefficient (Wildman–Crippen LogP) is 5.88. The van der Waals surface area contributed by atoms with Gasteiger partial charge >= 0.3 is 6.18 Å². The lowest BCUT2D eigenvalue weighted by Crippen LogP contribution is -2.06. The van der Waals surface area contributed by atoms with Gasteiger partial charge in [-0.25, -0.2) is 4.98 Å². The summed E-state index contributed by atoms with van der Waals surface area (Å²) in [6, 6.07) is 8.57. The van der Waals surface area contributed by atoms with Gasteiger partial charge in [0.15, 0.2) is 0 Å². The number of hydrazone groups is 1. The molecule has 0 amide bonds. The fourth-order valence-corrected chi connectivity index (χ4v) is 3.58. The van der Waals surface area contributed by atoms with Gasteiger partial charge in [-0.1, -0.05) is 17.7 Å². The number of nitrogens with one attached hydrogen (secondary N) is 1. The van der Waals surface area contributed by atoms with E-state index in [2.05, 4.69) is 53.0 Å². The molecule has 7 heteroatoms. The topological polar surface area (TPSA) is 42.2 Å². The molecule has 0 fully saturated rings. The molecule has 4 nitrogen and oxygen atoms in total. The monoisotopic (exact) mass is 400 g/mol. The molecule has 29 heavy (non-hydrogen) atoms. The second-order valence-corrected chi connectivity index (χ2v) is 7.21. The minimum Gasteiger partial charge on any atom is -0.317 e. The molecule has 0 unspecified atom stereocenters. The molecule has 0 aliphatic carbocycles. The summed E-state index contributed by atoms with van der Waals surface area (Å²) in [6.45, 7) is 10.3. The molecule has 0 spiro atoms. The van der Waals surface area contributed by atoms with Gasteiger partial charge in [-0.05, 0) is 63.9 Å². The van der Waals surface area contributed by atoms with Crippen LogP contribution >= 0.6 is 0 Å². The molecule has 1 N–H and O–H groups in total. The molecule has 3 aromatic rings. The molecule has 0 aliphatic heterocycles. The number of pyridine rings is 1. The maximum Gasteiger partial charge on any atom is 0.417 e. The van der Waals surface area contributed by atoms with E-state index in [1.54, 1.807) is 6.21 Å². The van der Waals surface area contributed by atoms with Crippen LogP contribution in [0.5, 0.6) is 0 Å². The summed E-state index contributed by atoms with van der Waals surface area (Å²) in [5.41, 5.74) is 9.68. The Bertz CT molecular complexity index is 1040. The van der Waals surface area contributed by atoms with Crippen molar-refractivity contribution in [3.8, 4) is 5.69 Å². The zero-order valence-electron chi connectivity index (χ0n) is 17.0. The van der Waals surface area contributed by atoms with Gasteiger partial charge in [0.1, 0.15) is 5.82 Å². The first kappa shape index (κ1) is 20.6. The number of benzene rings is 1. The van der Waals surface area contributed by atoms with Gasteiger partial charge in [0.05, 0.1) is 17.5 Å². The zero-order chi connectivity index (χ0) is 21.3. The number of hydrogen-bond acceptors (Lipinski definition) is 3. The van der Waals surface area contributed by atoms with Crippen molar-refractivity contribution < 1.29 is 13.2 Å². The van der Waals surface area contributed by atoms with Crippen LogP contribution in [0.3, 0.4) is 0 Å². The summed E-state index contributed by atoms with van der Waals surface area (Å²) in [7, 11) is 0. The largest absolute Gasteiger partial charge is 0.417 e. The lowest BCUT2D eigenvalue weighted by atomic mass is 10.0. The number of aromatic nitrogens is 2. The average Bonchev–Trinajstić information content (AvgIpc) is 2.89. The van der Waals surface area contributed by atoms with E-state index in [9.17, 15) is 13.2 Å². The van der Waals surface area contributed by atoms with Crippen molar-refractivity contribution in [3.05, 3.63) is 75.7 Å². The van der Waals surface area contributed by atoms with E-state index in [0.717, 1.165) is 34.9 Å². The normalized spacial score (nSPS) is 12.0. The molecule has 0 atom stereocenters. The Morgan fingerprint density at radius 2 is 1.66 bits per heavy atom. The third-order valence-electron chi connectivity index (χ3n) is 4.80. The van der Waals surface area contributed by atoms with Crippen molar-refractivity contribution in [2.24, 2.45) is 5.10 Å². The maximum atomic E-state index is 12.6. The zero-order valence-corrected chi connectivity index (χ0v) is 17.0. The van der Waals surface area contributed by atoms with E-state index < -0.39 is 11.7 Å². The van der Waals surface area contributed by atoms with Crippen LogP contribution in [-0.4, -0.2) is 15.8 Å². The lowest BCUT2D eigenvalue weighted by Gasteiger charge is -2.16. The average molecular weight is 400 g/mol. The Hall–Kier alpha value is -3.09. The van der Waals surface area contributed by atoms with Gasteiger partial charge in [-0.3, -0.25) is 5.43 Å². The maximum absolute atomic E-state index is 12.6. The minimum absolute atomic E-state index is 0.244. The first-order chi connectivity index (χ1) is 13.6. The molecular formula is C22H23F3N4. The molecular weight excluding hydrogens is 377 g/mol. The molecule has 1 aromatic carbocycles. The minimum atomic E-state index is -4.40. The van der Waals surface area contributed by atoms with Crippen molar-refractivity contribution in [2.75, 3.05) is 5.43 Å². The first-order valence-corrected chi connectivity index (χ1v) is 9.17. The fraction of sp³-hybridized carbons (Fsp3) is 0.273. The van der Waals surface area contributed by atoms with Crippen LogP contribution in [0.25, 0.3) is 5.69 Å². The van der Waals surface area contributed by atoms with E-state index in [1.165, 1.54) is 22.8 Å². The number of anilines is 1. The number of halogens is 3. The molecule has 0 radical (unpaired) electrons. The van der Waals surface area contributed by atoms with Crippen LogP contribution in [0.2, 0.25) is 0 Å². The smallest absolute Gasteiger partial charge is 0.317 e. The van der Waals surface area contributed by atoms with Crippen molar-refractivity contribution in [3.63, 3.8) is 0 Å². The van der Waals surface area contributed by atoms with Gasteiger partial charge in [0, 0.05) is 23.1 Å². The molecule has 0 saturated carbocycles. The SMILES string of the molecule is Cc1cc(C)c(-n2c(C)cc(/C=N\Nc3ccc(C(F)(F)F)cn3)c2C)c(C)c1. The van der Waals surface area contributed by atoms with Crippen molar-refractivity contribution >= 4 is 12.0 Å². The molecule has 0 aliphatic rings. The van der Waals surface area contributed by atoms with E-state index in [4.69, 9.17) is 0 Å². The summed E-state index contributed by atoms with van der Waals surface area (Å²) in [5.74, 6) is 0.244. The van der Waals surface area contributed by atoms with Crippen molar-refractivity contribution in [1.29, 1.82) is 0 Å². The number of aryl methyl sites for hydroxylation is 4. The summed E-state index contributed by atoms with van der Waals surface area (Å²) in [6.07, 6.45) is -1.97. The van der Waals surface area contributed by atoms with Crippen LogP contribution in [0, 0.1) is 34.6 Å². The van der Waals surface area contributed by atoms with E-state index >= 15 is 0 Å². The van der Waals surface area contributed by atoms with Crippen molar-refractivity contribution in [1.82, 2.24) is 9.55 Å². The second-order valence-electron chi connectivity index (χ2n) is 7.21. The molecule has 3 rings (SSSR count). The van der Waals surface area contributed by atoms with Gasteiger partial charge in [-0.2, -0.15) is 18.3 Å². The Labute approximate surface area is 168 Å². The van der Waals surface area contributed by atoms with Crippen LogP contribution in [0.4, 0.5) is 19.0 Å². The highest BCUT2D eigenvalue weighted by Gasteiger charge is 2.30. The Morgan fingerprint density at radius 3 is 2.21 bits per heavy atom. The van der Waals surface area contributed by atoms with Gasteiger partial charge < -0.3 is 4.57 Å². The standard InChI is InChI=1S/C22H23F3N4/c1-13-8-14(2)21(15(3)9-13)29-16(4)10-18(17(29)5)11-27-28-20-7-6-19(12-26-20)22(23,24)25/h6-12H,1-5H3,(H,26,28)/b27-11-. The number of rotatable bonds is 4. The Kier molecular flexibility index (Phi) is 5.50. The van der Waals surface area contributed by atoms with Gasteiger partial charge in [-0.15, -0.1) is 0 Å². The van der Waals surface area contributed by atoms with Crippen LogP contribution < -0.4 is 5.43 Å². The summed E-state index contributed by atoms with van der Waals surface area (Å²) < 4.78 is 40.0. The van der Waals surface area contributed by atoms with Crippen LogP contribution in [0.15, 0.2) is 41.6 Å². The summed E-state index contributed by atoms with van der Waals surface area (Å²) >= 11 is 0. The highest BCUT2D eigenvalue weighted by atomic mass is 19.4. The van der Waals surface area contributed by atoms with Crippen LogP contribution in [-0.2, 0) is 6.18 Å². The predicted molar refractivity (Wildman–Crippen MR) is 110 cm³/mol.